The van der Waals surface area contributed by atoms with E-state index in [0.717, 1.165) is 25.7 Å². The molecule has 0 bridgehead atoms. The molecule has 0 radical (unpaired) electrons. The highest BCUT2D eigenvalue weighted by Crippen LogP contribution is 2.33. The number of aliphatic hydroxyl groups excluding tert-OH is 2. The van der Waals surface area contributed by atoms with E-state index in [1.165, 1.54) is 0 Å². The van der Waals surface area contributed by atoms with Crippen molar-refractivity contribution in [3.05, 3.63) is 24.3 Å². The molecule has 4 nitrogen and oxygen atoms in total. The Labute approximate surface area is 121 Å². The second kappa shape index (κ2) is 7.36. The van der Waals surface area contributed by atoms with Gasteiger partial charge in [0.15, 0.2) is 0 Å². The van der Waals surface area contributed by atoms with E-state index in [9.17, 15) is 10.2 Å². The minimum absolute atomic E-state index is 0.0442. The zero-order chi connectivity index (χ0) is 14.5. The van der Waals surface area contributed by atoms with Gasteiger partial charge in [-0.3, -0.25) is 0 Å². The van der Waals surface area contributed by atoms with E-state index in [2.05, 4.69) is 0 Å². The summed E-state index contributed by atoms with van der Waals surface area (Å²) in [6, 6.07) is 0. The fourth-order valence-corrected chi connectivity index (χ4v) is 3.07. The van der Waals surface area contributed by atoms with Crippen molar-refractivity contribution in [1.82, 2.24) is 0 Å². The topological polar surface area (TPSA) is 58.9 Å². The summed E-state index contributed by atoms with van der Waals surface area (Å²) in [5, 5.41) is 19.8. The number of rotatable bonds is 5. The molecule has 2 aliphatic rings. The van der Waals surface area contributed by atoms with Crippen molar-refractivity contribution < 1.29 is 19.7 Å². The van der Waals surface area contributed by atoms with Gasteiger partial charge in [-0.05, 0) is 39.5 Å². The first-order chi connectivity index (χ1) is 9.65. The normalized spacial score (nSPS) is 38.0. The smallest absolute Gasteiger partial charge is 0.0982 e. The molecule has 2 N–H and O–H groups in total. The lowest BCUT2D eigenvalue weighted by molar-refractivity contribution is -0.0974. The van der Waals surface area contributed by atoms with E-state index in [1.54, 1.807) is 12.2 Å². The lowest BCUT2D eigenvalue weighted by Gasteiger charge is -2.22. The van der Waals surface area contributed by atoms with Gasteiger partial charge in [-0.25, -0.2) is 0 Å². The summed E-state index contributed by atoms with van der Waals surface area (Å²) in [5.74, 6) is 0. The van der Waals surface area contributed by atoms with E-state index >= 15 is 0 Å². The molecule has 0 saturated carbocycles. The van der Waals surface area contributed by atoms with Gasteiger partial charge in [-0.2, -0.15) is 0 Å². The van der Waals surface area contributed by atoms with Crippen LogP contribution in [0, 0.1) is 0 Å². The molecule has 0 amide bonds. The number of hydrogen-bond donors (Lipinski definition) is 2. The zero-order valence-electron chi connectivity index (χ0n) is 12.3. The van der Waals surface area contributed by atoms with Crippen LogP contribution in [-0.4, -0.2) is 46.8 Å². The van der Waals surface area contributed by atoms with Crippen molar-refractivity contribution in [2.24, 2.45) is 0 Å². The summed E-state index contributed by atoms with van der Waals surface area (Å²) in [4.78, 5) is 0. The Morgan fingerprint density at radius 3 is 1.55 bits per heavy atom. The van der Waals surface area contributed by atoms with Gasteiger partial charge in [0.2, 0.25) is 0 Å². The third kappa shape index (κ3) is 3.70. The number of aliphatic hydroxyl groups is 2. The molecule has 0 spiro atoms. The molecule has 20 heavy (non-hydrogen) atoms. The predicted molar refractivity (Wildman–Crippen MR) is 77.4 cm³/mol. The number of allylic oxidation sites excluding steroid dienone is 2. The molecule has 0 aromatic heterocycles. The molecular weight excluding hydrogens is 256 g/mol. The van der Waals surface area contributed by atoms with Gasteiger partial charge in [-0.15, -0.1) is 0 Å². The largest absolute Gasteiger partial charge is 0.386 e. The van der Waals surface area contributed by atoms with Crippen LogP contribution in [0.5, 0.6) is 0 Å². The summed E-state index contributed by atoms with van der Waals surface area (Å²) >= 11 is 0. The molecule has 6 atom stereocenters. The first-order valence-electron chi connectivity index (χ1n) is 7.58. The molecule has 0 aliphatic carbocycles. The molecular formula is C16H26O4. The van der Waals surface area contributed by atoms with Crippen LogP contribution in [0.15, 0.2) is 24.3 Å². The third-order valence-electron chi connectivity index (χ3n) is 4.13. The zero-order valence-corrected chi connectivity index (χ0v) is 12.3. The average Bonchev–Trinajstić information content (AvgIpc) is 3.08. The van der Waals surface area contributed by atoms with Crippen molar-refractivity contribution in [2.45, 2.75) is 76.2 Å². The summed E-state index contributed by atoms with van der Waals surface area (Å²) in [5.41, 5.74) is 0. The average molecular weight is 282 g/mol. The fourth-order valence-electron chi connectivity index (χ4n) is 3.07. The fraction of sp³-hybridized carbons (Fsp3) is 0.750. The van der Waals surface area contributed by atoms with E-state index < -0.39 is 12.2 Å². The Hall–Kier alpha value is -0.680. The second-order valence-electron chi connectivity index (χ2n) is 5.61. The molecule has 2 aliphatic heterocycles. The SMILES string of the molecule is C/C=C/[C@@H](O)[C@@H]1CC[C@H]([C@H]2CC[C@@H]([C@H](O)/C=C/C)O2)O1. The summed E-state index contributed by atoms with van der Waals surface area (Å²) in [7, 11) is 0. The van der Waals surface area contributed by atoms with Gasteiger partial charge < -0.3 is 19.7 Å². The highest BCUT2D eigenvalue weighted by molar-refractivity contribution is 4.97. The van der Waals surface area contributed by atoms with E-state index in [4.69, 9.17) is 9.47 Å². The molecule has 2 fully saturated rings. The van der Waals surface area contributed by atoms with E-state index in [0.29, 0.717) is 0 Å². The molecule has 0 unspecified atom stereocenters. The van der Waals surface area contributed by atoms with Gasteiger partial charge >= 0.3 is 0 Å². The summed E-state index contributed by atoms with van der Waals surface area (Å²) in [6.07, 6.45) is 9.54. The van der Waals surface area contributed by atoms with Crippen LogP contribution >= 0.6 is 0 Å². The highest BCUT2D eigenvalue weighted by Gasteiger charge is 2.40. The summed E-state index contributed by atoms with van der Waals surface area (Å²) < 4.78 is 11.8. The van der Waals surface area contributed by atoms with Crippen molar-refractivity contribution in [3.8, 4) is 0 Å². The second-order valence-corrected chi connectivity index (χ2v) is 5.61. The molecule has 0 aromatic carbocycles. The van der Waals surface area contributed by atoms with Crippen molar-refractivity contribution in [3.63, 3.8) is 0 Å². The monoisotopic (exact) mass is 282 g/mol. The highest BCUT2D eigenvalue weighted by atomic mass is 16.6. The predicted octanol–water partition coefficient (Wildman–Crippen LogP) is 1.96. The molecule has 4 heteroatoms. The number of ether oxygens (including phenoxy) is 2. The minimum atomic E-state index is -0.532. The minimum Gasteiger partial charge on any atom is -0.386 e. The van der Waals surface area contributed by atoms with Crippen LogP contribution in [-0.2, 0) is 9.47 Å². The third-order valence-corrected chi connectivity index (χ3v) is 4.13. The van der Waals surface area contributed by atoms with Gasteiger partial charge in [0.25, 0.3) is 0 Å². The maximum Gasteiger partial charge on any atom is 0.0982 e. The van der Waals surface area contributed by atoms with Crippen LogP contribution in [0.1, 0.15) is 39.5 Å². The molecule has 2 rings (SSSR count). The lowest BCUT2D eigenvalue weighted by Crippen LogP contribution is -2.32. The van der Waals surface area contributed by atoms with Gasteiger partial charge in [-0.1, -0.05) is 24.3 Å². The maximum absolute atomic E-state index is 9.92. The van der Waals surface area contributed by atoms with Crippen molar-refractivity contribution in [1.29, 1.82) is 0 Å². The van der Waals surface area contributed by atoms with Gasteiger partial charge in [0, 0.05) is 0 Å². The Morgan fingerprint density at radius 2 is 1.20 bits per heavy atom. The van der Waals surface area contributed by atoms with E-state index in [-0.39, 0.29) is 24.4 Å². The molecule has 2 saturated heterocycles. The lowest BCUT2D eigenvalue weighted by atomic mass is 10.0. The number of hydrogen-bond acceptors (Lipinski definition) is 4. The van der Waals surface area contributed by atoms with Crippen LogP contribution < -0.4 is 0 Å². The van der Waals surface area contributed by atoms with Crippen LogP contribution in [0.25, 0.3) is 0 Å². The van der Waals surface area contributed by atoms with Gasteiger partial charge in [0.1, 0.15) is 0 Å². The standard InChI is InChI=1S/C16H26O4/c1-3-5-11(17)13-7-9-15(19-13)16-10-8-14(20-16)12(18)6-4-2/h3-6,11-18H,7-10H2,1-2H3/b5-3+,6-4+/t11-,12-,13+,14+,15-,16-/m1/s1. The van der Waals surface area contributed by atoms with Crippen molar-refractivity contribution >= 4 is 0 Å². The molecule has 114 valence electrons. The Kier molecular flexibility index (Phi) is 5.78. The van der Waals surface area contributed by atoms with Crippen LogP contribution in [0.2, 0.25) is 0 Å². The van der Waals surface area contributed by atoms with Gasteiger partial charge in [0.05, 0.1) is 36.6 Å². The Morgan fingerprint density at radius 1 is 0.800 bits per heavy atom. The summed E-state index contributed by atoms with van der Waals surface area (Å²) in [6.45, 7) is 3.78. The maximum atomic E-state index is 9.92. The quantitative estimate of drug-likeness (QED) is 0.757. The Bertz CT molecular complexity index is 318. The molecule has 2 heterocycles. The van der Waals surface area contributed by atoms with Crippen LogP contribution in [0.4, 0.5) is 0 Å². The van der Waals surface area contributed by atoms with E-state index in [1.807, 2.05) is 26.0 Å². The first-order valence-corrected chi connectivity index (χ1v) is 7.58. The molecule has 0 aromatic rings. The van der Waals surface area contributed by atoms with Crippen LogP contribution in [0.3, 0.4) is 0 Å². The van der Waals surface area contributed by atoms with Crippen molar-refractivity contribution in [2.75, 3.05) is 0 Å². The Balaban J connectivity index is 1.83. The first kappa shape index (κ1) is 15.7.